The Labute approximate surface area is 173 Å². The van der Waals surface area contributed by atoms with Crippen molar-refractivity contribution in [2.75, 3.05) is 20.2 Å². The Balaban J connectivity index is 1.87. The highest BCUT2D eigenvalue weighted by Crippen LogP contribution is 2.30. The Morgan fingerprint density at radius 1 is 1.40 bits per heavy atom. The van der Waals surface area contributed by atoms with Gasteiger partial charge in [0.2, 0.25) is 12.1 Å². The van der Waals surface area contributed by atoms with Crippen LogP contribution in [0.4, 0.5) is 4.79 Å². The van der Waals surface area contributed by atoms with Crippen LogP contribution in [0.1, 0.15) is 12.7 Å². The highest BCUT2D eigenvalue weighted by atomic mass is 16.5. The average molecular weight is 410 g/mol. The number of imide groups is 1. The van der Waals surface area contributed by atoms with Gasteiger partial charge in [-0.2, -0.15) is 0 Å². The van der Waals surface area contributed by atoms with E-state index in [-0.39, 0.29) is 18.8 Å². The van der Waals surface area contributed by atoms with Crippen LogP contribution in [0.2, 0.25) is 0 Å². The van der Waals surface area contributed by atoms with E-state index >= 15 is 0 Å². The van der Waals surface area contributed by atoms with E-state index in [4.69, 9.17) is 9.15 Å². The first-order valence-electron chi connectivity index (χ1n) is 9.16. The van der Waals surface area contributed by atoms with Crippen molar-refractivity contribution in [2.24, 2.45) is 0 Å². The van der Waals surface area contributed by atoms with Gasteiger partial charge in [0.1, 0.15) is 11.5 Å². The van der Waals surface area contributed by atoms with Gasteiger partial charge in [0, 0.05) is 18.1 Å². The van der Waals surface area contributed by atoms with Crippen LogP contribution < -0.4 is 10.6 Å². The quantitative estimate of drug-likeness (QED) is 0.283. The predicted molar refractivity (Wildman–Crippen MR) is 109 cm³/mol. The number of amides is 4. The van der Waals surface area contributed by atoms with Gasteiger partial charge in [-0.3, -0.25) is 14.9 Å². The second kappa shape index (κ2) is 8.64. The van der Waals surface area contributed by atoms with Gasteiger partial charge in [0.15, 0.2) is 5.54 Å². The first-order chi connectivity index (χ1) is 14.4. The van der Waals surface area contributed by atoms with Crippen molar-refractivity contribution in [3.05, 3.63) is 66.3 Å². The standard InChI is InChI=1S/C21H22N4O5/c1-4-16(29-3)8-7-14(2)11-25(13-26)12-21(19(27)23-20(28)24-21)17-10-15-6-5-9-22-18(15)30-17/h4-10,13H,2,11-12H2,1,3H3,(H2,23,24,27,28)/b8-7-,16-4+/t21-/m0/s1. The number of hydrogen-bond donors (Lipinski definition) is 2. The third kappa shape index (κ3) is 4.09. The lowest BCUT2D eigenvalue weighted by Gasteiger charge is -2.29. The van der Waals surface area contributed by atoms with Crippen molar-refractivity contribution >= 4 is 29.4 Å². The summed E-state index contributed by atoms with van der Waals surface area (Å²) in [6, 6.07) is 4.46. The lowest BCUT2D eigenvalue weighted by atomic mass is 9.95. The number of fused-ring (bicyclic) bond motifs is 1. The summed E-state index contributed by atoms with van der Waals surface area (Å²) < 4.78 is 10.9. The Bertz CT molecular complexity index is 1020. The van der Waals surface area contributed by atoms with Crippen molar-refractivity contribution in [3.8, 4) is 0 Å². The number of furan rings is 1. The second-order valence-corrected chi connectivity index (χ2v) is 6.72. The van der Waals surface area contributed by atoms with Gasteiger partial charge in [0.25, 0.3) is 5.91 Å². The molecule has 0 saturated carbocycles. The SMILES string of the molecule is C=C(/C=C\C(=C/C)OC)CN(C=O)C[C@@]1(c2cc3cccnc3o2)NC(=O)NC1=O. The minimum Gasteiger partial charge on any atom is -0.497 e. The van der Waals surface area contributed by atoms with E-state index in [1.165, 1.54) is 4.90 Å². The number of pyridine rings is 1. The van der Waals surface area contributed by atoms with Crippen LogP contribution in [-0.2, 0) is 19.9 Å². The van der Waals surface area contributed by atoms with Crippen LogP contribution in [0, 0.1) is 0 Å². The van der Waals surface area contributed by atoms with Crippen molar-refractivity contribution in [3.63, 3.8) is 0 Å². The normalized spacial score (nSPS) is 19.1. The summed E-state index contributed by atoms with van der Waals surface area (Å²) in [6.45, 7) is 5.74. The Morgan fingerprint density at radius 3 is 2.80 bits per heavy atom. The molecule has 1 aliphatic rings. The first-order valence-corrected chi connectivity index (χ1v) is 9.16. The average Bonchev–Trinajstić information content (AvgIpc) is 3.29. The van der Waals surface area contributed by atoms with E-state index in [9.17, 15) is 14.4 Å². The number of nitrogens with one attached hydrogen (secondary N) is 2. The number of aromatic nitrogens is 1. The molecule has 0 radical (unpaired) electrons. The summed E-state index contributed by atoms with van der Waals surface area (Å²) in [7, 11) is 1.55. The van der Waals surface area contributed by atoms with Gasteiger partial charge >= 0.3 is 6.03 Å². The molecule has 9 heteroatoms. The molecule has 1 aliphatic heterocycles. The van der Waals surface area contributed by atoms with Crippen LogP contribution in [0.15, 0.2) is 65.0 Å². The van der Waals surface area contributed by atoms with E-state index < -0.39 is 17.5 Å². The maximum Gasteiger partial charge on any atom is 0.322 e. The molecule has 0 aliphatic carbocycles. The molecule has 9 nitrogen and oxygen atoms in total. The number of urea groups is 1. The minimum absolute atomic E-state index is 0.129. The maximum absolute atomic E-state index is 12.7. The number of rotatable bonds is 9. The zero-order valence-electron chi connectivity index (χ0n) is 16.7. The van der Waals surface area contributed by atoms with E-state index in [1.807, 2.05) is 6.92 Å². The van der Waals surface area contributed by atoms with Gasteiger partial charge in [-0.05, 0) is 42.8 Å². The van der Waals surface area contributed by atoms with Crippen LogP contribution in [0.25, 0.3) is 11.1 Å². The number of ether oxygens (including phenoxy) is 1. The minimum atomic E-state index is -1.58. The van der Waals surface area contributed by atoms with Crippen molar-refractivity contribution < 1.29 is 23.5 Å². The molecule has 3 rings (SSSR count). The molecule has 0 bridgehead atoms. The lowest BCUT2D eigenvalue weighted by molar-refractivity contribution is -0.127. The molecule has 1 atom stereocenters. The second-order valence-electron chi connectivity index (χ2n) is 6.72. The number of carbonyl (C=O) groups is 3. The molecule has 3 heterocycles. The summed E-state index contributed by atoms with van der Waals surface area (Å²) in [5.41, 5.74) is -0.655. The fourth-order valence-corrected chi connectivity index (χ4v) is 3.17. The molecule has 0 aromatic carbocycles. The molecular formula is C21H22N4O5. The van der Waals surface area contributed by atoms with E-state index in [0.29, 0.717) is 28.8 Å². The first kappa shape index (κ1) is 20.8. The van der Waals surface area contributed by atoms with Gasteiger partial charge in [-0.1, -0.05) is 12.7 Å². The largest absolute Gasteiger partial charge is 0.497 e. The topological polar surface area (TPSA) is 114 Å². The monoisotopic (exact) mass is 410 g/mol. The molecule has 2 N–H and O–H groups in total. The van der Waals surface area contributed by atoms with Crippen LogP contribution >= 0.6 is 0 Å². The van der Waals surface area contributed by atoms with E-state index in [0.717, 1.165) is 0 Å². The summed E-state index contributed by atoms with van der Waals surface area (Å²) in [6.07, 6.45) is 7.36. The number of methoxy groups -OCH3 is 1. The number of allylic oxidation sites excluding steroid dienone is 2. The van der Waals surface area contributed by atoms with Crippen molar-refractivity contribution in [2.45, 2.75) is 12.5 Å². The number of nitrogens with zero attached hydrogens (tertiary/aromatic N) is 2. The van der Waals surface area contributed by atoms with Gasteiger partial charge < -0.3 is 19.4 Å². The molecule has 0 spiro atoms. The molecule has 30 heavy (non-hydrogen) atoms. The molecule has 1 fully saturated rings. The molecule has 4 amide bonds. The molecule has 1 saturated heterocycles. The third-order valence-electron chi connectivity index (χ3n) is 4.66. The Morgan fingerprint density at radius 2 is 2.20 bits per heavy atom. The molecule has 2 aromatic rings. The van der Waals surface area contributed by atoms with Crippen LogP contribution in [-0.4, -0.2) is 48.4 Å². The molecule has 0 unspecified atom stereocenters. The van der Waals surface area contributed by atoms with Crippen LogP contribution in [0.3, 0.4) is 0 Å². The lowest BCUT2D eigenvalue weighted by Crippen LogP contribution is -2.52. The van der Waals surface area contributed by atoms with Gasteiger partial charge in [-0.15, -0.1) is 0 Å². The third-order valence-corrected chi connectivity index (χ3v) is 4.66. The highest BCUT2D eigenvalue weighted by molar-refractivity contribution is 6.07. The van der Waals surface area contributed by atoms with Gasteiger partial charge in [0.05, 0.1) is 13.7 Å². The highest BCUT2D eigenvalue weighted by Gasteiger charge is 2.51. The summed E-state index contributed by atoms with van der Waals surface area (Å²) in [5, 5.41) is 5.49. The van der Waals surface area contributed by atoms with Crippen molar-refractivity contribution in [1.29, 1.82) is 0 Å². The Kier molecular flexibility index (Phi) is 6.01. The number of hydrogen-bond acceptors (Lipinski definition) is 6. The van der Waals surface area contributed by atoms with Crippen molar-refractivity contribution in [1.82, 2.24) is 20.5 Å². The fourth-order valence-electron chi connectivity index (χ4n) is 3.17. The zero-order chi connectivity index (χ0) is 21.7. The summed E-state index contributed by atoms with van der Waals surface area (Å²) in [4.78, 5) is 41.9. The molecular weight excluding hydrogens is 388 g/mol. The van der Waals surface area contributed by atoms with Gasteiger partial charge in [-0.25, -0.2) is 9.78 Å². The Hall–Kier alpha value is -3.88. The summed E-state index contributed by atoms with van der Waals surface area (Å²) >= 11 is 0. The molecule has 156 valence electrons. The smallest absolute Gasteiger partial charge is 0.322 e. The zero-order valence-corrected chi connectivity index (χ0v) is 16.7. The van der Waals surface area contributed by atoms with E-state index in [1.54, 1.807) is 49.7 Å². The number of carbonyl (C=O) groups excluding carboxylic acids is 3. The molecule has 2 aromatic heterocycles. The van der Waals surface area contributed by atoms with E-state index in [2.05, 4.69) is 22.2 Å². The maximum atomic E-state index is 12.7. The van der Waals surface area contributed by atoms with Crippen LogP contribution in [0.5, 0.6) is 0 Å². The fraction of sp³-hybridized carbons (Fsp3) is 0.238. The predicted octanol–water partition coefficient (Wildman–Crippen LogP) is 1.98. The summed E-state index contributed by atoms with van der Waals surface area (Å²) in [5.74, 6) is 0.209.